The van der Waals surface area contributed by atoms with Gasteiger partial charge in [-0.1, -0.05) is 19.1 Å². The third-order valence-corrected chi connectivity index (χ3v) is 5.11. The lowest BCUT2D eigenvalue weighted by molar-refractivity contribution is -0.115. The fourth-order valence-electron chi connectivity index (χ4n) is 2.58. The molecule has 0 bridgehead atoms. The zero-order valence-electron chi connectivity index (χ0n) is 14.3. The van der Waals surface area contributed by atoms with Crippen LogP contribution in [0.3, 0.4) is 0 Å². The van der Waals surface area contributed by atoms with Gasteiger partial charge in [-0.25, -0.2) is 0 Å². The number of rotatable bonds is 5. The van der Waals surface area contributed by atoms with Crippen molar-refractivity contribution in [2.75, 3.05) is 17.2 Å². The first-order chi connectivity index (χ1) is 12.1. The van der Waals surface area contributed by atoms with Crippen molar-refractivity contribution in [2.45, 2.75) is 30.5 Å². The number of benzene rings is 2. The Hall–Kier alpha value is -2.31. The zero-order valence-corrected chi connectivity index (χ0v) is 15.1. The minimum atomic E-state index is -0.193. The average Bonchev–Trinajstić information content (AvgIpc) is 2.61. The number of amides is 2. The second kappa shape index (κ2) is 7.72. The van der Waals surface area contributed by atoms with Crippen molar-refractivity contribution in [3.05, 3.63) is 53.6 Å². The summed E-state index contributed by atoms with van der Waals surface area (Å²) in [5.41, 5.74) is 3.08. The molecule has 1 atom stereocenters. The molecule has 1 aliphatic heterocycles. The Morgan fingerprint density at radius 1 is 1.24 bits per heavy atom. The molecule has 2 aromatic rings. The van der Waals surface area contributed by atoms with Crippen LogP contribution < -0.4 is 16.0 Å². The van der Waals surface area contributed by atoms with Crippen LogP contribution in [0.1, 0.15) is 29.8 Å². The van der Waals surface area contributed by atoms with Crippen molar-refractivity contribution in [1.29, 1.82) is 0 Å². The van der Waals surface area contributed by atoms with Crippen molar-refractivity contribution in [3.8, 4) is 0 Å². The van der Waals surface area contributed by atoms with Gasteiger partial charge in [-0.3, -0.25) is 9.59 Å². The van der Waals surface area contributed by atoms with Crippen LogP contribution in [0.4, 0.5) is 11.4 Å². The van der Waals surface area contributed by atoms with Gasteiger partial charge in [0.1, 0.15) is 0 Å². The third-order valence-electron chi connectivity index (χ3n) is 3.94. The fourth-order valence-corrected chi connectivity index (χ4v) is 3.51. The monoisotopic (exact) mass is 355 g/mol. The van der Waals surface area contributed by atoms with Gasteiger partial charge in [-0.15, -0.1) is 11.8 Å². The van der Waals surface area contributed by atoms with E-state index in [0.717, 1.165) is 29.2 Å². The van der Waals surface area contributed by atoms with E-state index in [9.17, 15) is 9.59 Å². The van der Waals surface area contributed by atoms with Crippen molar-refractivity contribution >= 4 is 35.0 Å². The van der Waals surface area contributed by atoms with Gasteiger partial charge in [-0.2, -0.15) is 0 Å². The number of carbonyl (C=O) groups is 2. The van der Waals surface area contributed by atoms with Crippen molar-refractivity contribution in [1.82, 2.24) is 5.32 Å². The molecule has 6 heteroatoms. The summed E-state index contributed by atoms with van der Waals surface area (Å²) in [6, 6.07) is 13.2. The SMILES string of the molecule is CCNCc1cccc(NC(=O)c2ccc3c(c2)NC(=O)C(C)S3)c1. The van der Waals surface area contributed by atoms with E-state index >= 15 is 0 Å². The summed E-state index contributed by atoms with van der Waals surface area (Å²) in [5, 5.41) is 8.91. The number of thioether (sulfide) groups is 1. The minimum Gasteiger partial charge on any atom is -0.324 e. The molecule has 130 valence electrons. The Labute approximate surface area is 151 Å². The first-order valence-electron chi connectivity index (χ1n) is 8.29. The smallest absolute Gasteiger partial charge is 0.255 e. The van der Waals surface area contributed by atoms with Gasteiger partial charge >= 0.3 is 0 Å². The molecule has 0 saturated heterocycles. The van der Waals surface area contributed by atoms with E-state index in [1.807, 2.05) is 37.3 Å². The maximum Gasteiger partial charge on any atom is 0.255 e. The molecule has 0 aliphatic carbocycles. The molecular weight excluding hydrogens is 334 g/mol. The van der Waals surface area contributed by atoms with Crippen LogP contribution in [0.2, 0.25) is 0 Å². The van der Waals surface area contributed by atoms with E-state index < -0.39 is 0 Å². The van der Waals surface area contributed by atoms with Crippen LogP contribution >= 0.6 is 11.8 Å². The number of anilines is 2. The summed E-state index contributed by atoms with van der Waals surface area (Å²) in [7, 11) is 0. The lowest BCUT2D eigenvalue weighted by atomic mass is 10.1. The van der Waals surface area contributed by atoms with Gasteiger partial charge in [0.05, 0.1) is 10.9 Å². The van der Waals surface area contributed by atoms with E-state index in [4.69, 9.17) is 0 Å². The molecule has 0 spiro atoms. The summed E-state index contributed by atoms with van der Waals surface area (Å²) < 4.78 is 0. The molecule has 2 amide bonds. The summed E-state index contributed by atoms with van der Waals surface area (Å²) in [6.45, 7) is 5.58. The van der Waals surface area contributed by atoms with Crippen LogP contribution in [-0.2, 0) is 11.3 Å². The van der Waals surface area contributed by atoms with Crippen LogP contribution in [-0.4, -0.2) is 23.6 Å². The summed E-state index contributed by atoms with van der Waals surface area (Å²) >= 11 is 1.50. The largest absolute Gasteiger partial charge is 0.324 e. The quantitative estimate of drug-likeness (QED) is 0.768. The second-order valence-electron chi connectivity index (χ2n) is 5.90. The number of carbonyl (C=O) groups excluding carboxylic acids is 2. The molecule has 5 nitrogen and oxygen atoms in total. The van der Waals surface area contributed by atoms with E-state index in [2.05, 4.69) is 22.9 Å². The summed E-state index contributed by atoms with van der Waals surface area (Å²) in [5.74, 6) is -0.229. The highest BCUT2D eigenvalue weighted by atomic mass is 32.2. The van der Waals surface area contributed by atoms with Gasteiger partial charge in [0.2, 0.25) is 5.91 Å². The Morgan fingerprint density at radius 3 is 2.88 bits per heavy atom. The molecule has 25 heavy (non-hydrogen) atoms. The molecule has 1 aliphatic rings. The maximum absolute atomic E-state index is 12.5. The lowest BCUT2D eigenvalue weighted by Gasteiger charge is -2.21. The van der Waals surface area contributed by atoms with Gasteiger partial charge in [0, 0.05) is 22.7 Å². The third kappa shape index (κ3) is 4.21. The number of nitrogens with one attached hydrogen (secondary N) is 3. The Balaban J connectivity index is 1.74. The zero-order chi connectivity index (χ0) is 17.8. The number of hydrogen-bond donors (Lipinski definition) is 3. The first kappa shape index (κ1) is 17.5. The molecular formula is C19H21N3O2S. The van der Waals surface area contributed by atoms with E-state index in [0.29, 0.717) is 11.3 Å². The van der Waals surface area contributed by atoms with Crippen LogP contribution in [0, 0.1) is 0 Å². The van der Waals surface area contributed by atoms with Crippen LogP contribution in [0.15, 0.2) is 47.4 Å². The Morgan fingerprint density at radius 2 is 2.08 bits per heavy atom. The van der Waals surface area contributed by atoms with Crippen molar-refractivity contribution in [2.24, 2.45) is 0 Å². The van der Waals surface area contributed by atoms with Gasteiger partial charge in [0.25, 0.3) is 5.91 Å². The molecule has 0 fully saturated rings. The molecule has 1 unspecified atom stereocenters. The molecule has 0 saturated carbocycles. The second-order valence-corrected chi connectivity index (χ2v) is 7.28. The summed E-state index contributed by atoms with van der Waals surface area (Å²) in [4.78, 5) is 25.3. The highest BCUT2D eigenvalue weighted by Gasteiger charge is 2.23. The molecule has 0 radical (unpaired) electrons. The first-order valence-corrected chi connectivity index (χ1v) is 9.17. The van der Waals surface area contributed by atoms with Gasteiger partial charge in [0.15, 0.2) is 0 Å². The average molecular weight is 355 g/mol. The molecule has 1 heterocycles. The van der Waals surface area contributed by atoms with Crippen molar-refractivity contribution < 1.29 is 9.59 Å². The van der Waals surface area contributed by atoms with Gasteiger partial charge < -0.3 is 16.0 Å². The number of hydrogen-bond acceptors (Lipinski definition) is 4. The predicted octanol–water partition coefficient (Wildman–Crippen LogP) is 3.48. The van der Waals surface area contributed by atoms with E-state index in [1.165, 1.54) is 11.8 Å². The molecule has 2 aromatic carbocycles. The fraction of sp³-hybridized carbons (Fsp3) is 0.263. The standard InChI is InChI=1S/C19H21N3O2S/c1-3-20-11-13-5-4-6-15(9-13)21-19(24)14-7-8-17-16(10-14)22-18(23)12(2)25-17/h4-10,12,20H,3,11H2,1-2H3,(H,21,24)(H,22,23). The van der Waals surface area contributed by atoms with Crippen LogP contribution in [0.5, 0.6) is 0 Å². The minimum absolute atomic E-state index is 0.0359. The Kier molecular flexibility index (Phi) is 5.40. The highest BCUT2D eigenvalue weighted by molar-refractivity contribution is 8.00. The maximum atomic E-state index is 12.5. The topological polar surface area (TPSA) is 70.2 Å². The Bertz CT molecular complexity index is 807. The molecule has 0 aromatic heterocycles. The van der Waals surface area contributed by atoms with Crippen molar-refractivity contribution in [3.63, 3.8) is 0 Å². The summed E-state index contributed by atoms with van der Waals surface area (Å²) in [6.07, 6.45) is 0. The number of fused-ring (bicyclic) bond motifs is 1. The normalized spacial score (nSPS) is 16.1. The predicted molar refractivity (Wildman–Crippen MR) is 102 cm³/mol. The molecule has 3 N–H and O–H groups in total. The van der Waals surface area contributed by atoms with E-state index in [-0.39, 0.29) is 17.1 Å². The van der Waals surface area contributed by atoms with Gasteiger partial charge in [-0.05, 0) is 49.4 Å². The molecule has 3 rings (SSSR count). The highest BCUT2D eigenvalue weighted by Crippen LogP contribution is 2.36. The van der Waals surface area contributed by atoms with Crippen LogP contribution in [0.25, 0.3) is 0 Å². The van der Waals surface area contributed by atoms with E-state index in [1.54, 1.807) is 12.1 Å². The lowest BCUT2D eigenvalue weighted by Crippen LogP contribution is -2.26.